The van der Waals surface area contributed by atoms with E-state index in [9.17, 15) is 22.4 Å². The van der Waals surface area contributed by atoms with Gasteiger partial charge in [-0.2, -0.15) is 13.2 Å². The van der Waals surface area contributed by atoms with Crippen molar-refractivity contribution in [3.63, 3.8) is 0 Å². The van der Waals surface area contributed by atoms with Gasteiger partial charge in [0, 0.05) is 5.38 Å². The van der Waals surface area contributed by atoms with E-state index < -0.39 is 29.2 Å². The van der Waals surface area contributed by atoms with E-state index in [1.807, 2.05) is 5.32 Å². The molecule has 0 radical (unpaired) electrons. The van der Waals surface area contributed by atoms with Gasteiger partial charge in [-0.15, -0.1) is 11.3 Å². The monoisotopic (exact) mass is 305 g/mol. The fraction of sp³-hybridized carbons (Fsp3) is 0.0909. The van der Waals surface area contributed by atoms with Crippen molar-refractivity contribution >= 4 is 28.1 Å². The van der Waals surface area contributed by atoms with Crippen LogP contribution in [0.25, 0.3) is 0 Å². The second kappa shape index (κ2) is 5.08. The summed E-state index contributed by atoms with van der Waals surface area (Å²) < 4.78 is 50.9. The molecule has 3 N–H and O–H groups in total. The number of nitrogens with two attached hydrogens (primary N) is 1. The van der Waals surface area contributed by atoms with Crippen LogP contribution in [0.1, 0.15) is 16.1 Å². The summed E-state index contributed by atoms with van der Waals surface area (Å²) in [5.41, 5.74) is 3.60. The molecule has 1 heterocycles. The van der Waals surface area contributed by atoms with E-state index >= 15 is 0 Å². The van der Waals surface area contributed by atoms with Crippen LogP contribution in [0.2, 0.25) is 0 Å². The molecule has 0 fully saturated rings. The van der Waals surface area contributed by atoms with E-state index in [2.05, 4.69) is 4.98 Å². The lowest BCUT2D eigenvalue weighted by molar-refractivity contribution is -0.137. The summed E-state index contributed by atoms with van der Waals surface area (Å²) in [6.45, 7) is 0. The first kappa shape index (κ1) is 14.3. The summed E-state index contributed by atoms with van der Waals surface area (Å²) in [4.78, 5) is 15.3. The Labute approximate surface area is 114 Å². The first-order chi connectivity index (χ1) is 9.27. The maximum Gasteiger partial charge on any atom is 0.416 e. The molecule has 0 saturated carbocycles. The van der Waals surface area contributed by atoms with Crippen molar-refractivity contribution < 1.29 is 22.4 Å². The van der Waals surface area contributed by atoms with Crippen molar-refractivity contribution in [3.05, 3.63) is 40.7 Å². The summed E-state index contributed by atoms with van der Waals surface area (Å²) in [6, 6.07) is 1.74. The molecule has 0 unspecified atom stereocenters. The first-order valence-electron chi connectivity index (χ1n) is 5.16. The molecule has 0 aliphatic carbocycles. The third-order valence-corrected chi connectivity index (χ3v) is 2.97. The van der Waals surface area contributed by atoms with Crippen LogP contribution in [0.3, 0.4) is 0 Å². The minimum Gasteiger partial charge on any atom is -0.375 e. The first-order valence-corrected chi connectivity index (χ1v) is 6.04. The number of nitrogens with one attached hydrogen (secondary N) is 1. The van der Waals surface area contributed by atoms with Crippen molar-refractivity contribution in [3.8, 4) is 0 Å². The molecule has 0 atom stereocenters. The topological polar surface area (TPSA) is 68.0 Å². The van der Waals surface area contributed by atoms with Crippen molar-refractivity contribution in [2.24, 2.45) is 0 Å². The number of thiazole rings is 1. The smallest absolute Gasteiger partial charge is 0.375 e. The summed E-state index contributed by atoms with van der Waals surface area (Å²) >= 11 is 0.987. The van der Waals surface area contributed by atoms with Gasteiger partial charge in [0.1, 0.15) is 11.5 Å². The van der Waals surface area contributed by atoms with Gasteiger partial charge in [-0.3, -0.25) is 4.79 Å². The third kappa shape index (κ3) is 3.05. The van der Waals surface area contributed by atoms with E-state index in [-0.39, 0.29) is 10.8 Å². The lowest BCUT2D eigenvalue weighted by Crippen LogP contribution is -2.15. The Kier molecular flexibility index (Phi) is 3.62. The summed E-state index contributed by atoms with van der Waals surface area (Å²) in [7, 11) is 0. The molecule has 1 aromatic heterocycles. The Morgan fingerprint density at radius 3 is 2.60 bits per heavy atom. The maximum atomic E-state index is 13.4. The Bertz CT molecular complexity index is 653. The van der Waals surface area contributed by atoms with Crippen molar-refractivity contribution in [1.29, 1.82) is 0 Å². The maximum absolute atomic E-state index is 13.4. The van der Waals surface area contributed by atoms with E-state index in [1.165, 1.54) is 5.38 Å². The average Bonchev–Trinajstić information content (AvgIpc) is 2.77. The molecule has 0 bridgehead atoms. The number of halogens is 4. The Balaban J connectivity index is 2.27. The molecule has 106 valence electrons. The second-order valence-corrected chi connectivity index (χ2v) is 4.61. The van der Waals surface area contributed by atoms with Gasteiger partial charge in [0.25, 0.3) is 5.91 Å². The number of hydrogen-bond acceptors (Lipinski definition) is 4. The highest BCUT2D eigenvalue weighted by atomic mass is 32.1. The number of nitrogens with zero attached hydrogens (tertiary/aromatic N) is 1. The number of rotatable bonds is 2. The molecule has 0 saturated heterocycles. The standard InChI is InChI=1S/C11H7F4N3OS/c12-6-2-1-5(11(13,14)15)3-7(6)17-9(19)8-4-20-10(16)18-8/h1-4H,(H2,16,18)(H,17,19). The lowest BCUT2D eigenvalue weighted by Gasteiger charge is -2.10. The van der Waals surface area contributed by atoms with E-state index in [4.69, 9.17) is 5.73 Å². The zero-order valence-electron chi connectivity index (χ0n) is 9.66. The fourth-order valence-electron chi connectivity index (χ4n) is 1.38. The van der Waals surface area contributed by atoms with Gasteiger partial charge >= 0.3 is 6.18 Å². The zero-order valence-corrected chi connectivity index (χ0v) is 10.5. The van der Waals surface area contributed by atoms with Gasteiger partial charge in [-0.05, 0) is 18.2 Å². The largest absolute Gasteiger partial charge is 0.416 e. The molecule has 2 aromatic rings. The quantitative estimate of drug-likeness (QED) is 0.838. The fourth-order valence-corrected chi connectivity index (χ4v) is 1.92. The highest BCUT2D eigenvalue weighted by Gasteiger charge is 2.31. The van der Waals surface area contributed by atoms with Crippen molar-refractivity contribution in [2.45, 2.75) is 6.18 Å². The number of benzene rings is 1. The molecule has 20 heavy (non-hydrogen) atoms. The summed E-state index contributed by atoms with van der Waals surface area (Å²) in [5, 5.41) is 3.47. The van der Waals surface area contributed by atoms with Crippen LogP contribution in [0, 0.1) is 5.82 Å². The van der Waals surface area contributed by atoms with Gasteiger partial charge in [0.15, 0.2) is 5.13 Å². The van der Waals surface area contributed by atoms with Crippen LogP contribution in [0.4, 0.5) is 28.4 Å². The normalized spacial score (nSPS) is 11.4. The van der Waals surface area contributed by atoms with Gasteiger partial charge in [-0.1, -0.05) is 0 Å². The minimum absolute atomic E-state index is 0.0932. The number of carbonyl (C=O) groups is 1. The SMILES string of the molecule is Nc1nc(C(=O)Nc2cc(C(F)(F)F)ccc2F)cs1. The third-order valence-electron chi connectivity index (χ3n) is 2.30. The zero-order chi connectivity index (χ0) is 14.9. The Morgan fingerprint density at radius 2 is 2.05 bits per heavy atom. The van der Waals surface area contributed by atoms with Gasteiger partial charge < -0.3 is 11.1 Å². The predicted molar refractivity (Wildman–Crippen MR) is 65.9 cm³/mol. The number of amides is 1. The number of carbonyl (C=O) groups excluding carboxylic acids is 1. The lowest BCUT2D eigenvalue weighted by atomic mass is 10.2. The van der Waals surface area contributed by atoms with Crippen LogP contribution in [-0.4, -0.2) is 10.9 Å². The van der Waals surface area contributed by atoms with Crippen LogP contribution in [0.5, 0.6) is 0 Å². The van der Waals surface area contributed by atoms with Gasteiger partial charge in [0.2, 0.25) is 0 Å². The summed E-state index contributed by atoms with van der Waals surface area (Å²) in [6.07, 6.45) is -4.63. The number of aromatic nitrogens is 1. The average molecular weight is 305 g/mol. The van der Waals surface area contributed by atoms with Crippen molar-refractivity contribution in [2.75, 3.05) is 11.1 Å². The minimum atomic E-state index is -4.63. The molecular weight excluding hydrogens is 298 g/mol. The number of alkyl halides is 3. The van der Waals surface area contributed by atoms with Crippen LogP contribution < -0.4 is 11.1 Å². The van der Waals surface area contributed by atoms with E-state index in [0.717, 1.165) is 11.3 Å². The molecule has 4 nitrogen and oxygen atoms in total. The van der Waals surface area contributed by atoms with E-state index in [1.54, 1.807) is 0 Å². The molecule has 0 aliphatic rings. The predicted octanol–water partition coefficient (Wildman–Crippen LogP) is 3.14. The molecule has 0 spiro atoms. The van der Waals surface area contributed by atoms with Gasteiger partial charge in [-0.25, -0.2) is 9.37 Å². The summed E-state index contributed by atoms with van der Waals surface area (Å²) in [5.74, 6) is -1.81. The molecular formula is C11H7F4N3OS. The molecule has 1 aromatic carbocycles. The molecule has 1 amide bonds. The van der Waals surface area contributed by atoms with Crippen molar-refractivity contribution in [1.82, 2.24) is 4.98 Å². The number of anilines is 2. The van der Waals surface area contributed by atoms with Crippen LogP contribution >= 0.6 is 11.3 Å². The Morgan fingerprint density at radius 1 is 1.35 bits per heavy atom. The van der Waals surface area contributed by atoms with Crippen LogP contribution in [0.15, 0.2) is 23.6 Å². The van der Waals surface area contributed by atoms with Gasteiger partial charge in [0.05, 0.1) is 11.3 Å². The van der Waals surface area contributed by atoms with Crippen LogP contribution in [-0.2, 0) is 6.18 Å². The number of nitrogen functional groups attached to an aromatic ring is 1. The van der Waals surface area contributed by atoms with E-state index in [0.29, 0.717) is 18.2 Å². The highest BCUT2D eigenvalue weighted by molar-refractivity contribution is 7.13. The Hall–Kier alpha value is -2.16. The molecule has 0 aliphatic heterocycles. The molecule has 9 heteroatoms. The highest BCUT2D eigenvalue weighted by Crippen LogP contribution is 2.31. The number of hydrogen-bond donors (Lipinski definition) is 2. The molecule has 2 rings (SSSR count). The second-order valence-electron chi connectivity index (χ2n) is 3.72.